The van der Waals surface area contributed by atoms with Crippen molar-refractivity contribution in [2.24, 2.45) is 7.05 Å². The first kappa shape index (κ1) is 14.9. The molecule has 0 aliphatic carbocycles. The molecule has 5 nitrogen and oxygen atoms in total. The Bertz CT molecular complexity index is 950. The number of benzene rings is 2. The fourth-order valence-electron chi connectivity index (χ4n) is 2.21. The number of imidazole rings is 1. The van der Waals surface area contributed by atoms with Crippen LogP contribution in [-0.2, 0) is 17.1 Å². The van der Waals surface area contributed by atoms with Gasteiger partial charge in [0.15, 0.2) is 0 Å². The maximum absolute atomic E-state index is 12.7. The lowest BCUT2D eigenvalue weighted by atomic mass is 10.1. The van der Waals surface area contributed by atoms with Crippen molar-refractivity contribution in [3.8, 4) is 0 Å². The molecule has 2 aromatic carbocycles. The molecule has 0 bridgehead atoms. The van der Waals surface area contributed by atoms with Crippen molar-refractivity contribution in [2.75, 3.05) is 11.4 Å². The van der Waals surface area contributed by atoms with Gasteiger partial charge in [-0.05, 0) is 22.9 Å². The molecule has 0 amide bonds. The highest BCUT2D eigenvalue weighted by molar-refractivity contribution is 7.92. The summed E-state index contributed by atoms with van der Waals surface area (Å²) >= 11 is 6.01. The van der Waals surface area contributed by atoms with Crippen LogP contribution in [0.2, 0.25) is 5.15 Å². The third kappa shape index (κ3) is 2.34. The Morgan fingerprint density at radius 3 is 2.45 bits per heavy atom. The molecule has 0 aliphatic rings. The molecule has 0 radical (unpaired) electrons. The number of halogens is 1. The molecule has 0 spiro atoms. The number of nitrogens with zero attached hydrogens (tertiary/aromatic N) is 3. The van der Waals surface area contributed by atoms with E-state index in [1.807, 2.05) is 36.4 Å². The maximum atomic E-state index is 12.7. The van der Waals surface area contributed by atoms with E-state index in [1.54, 1.807) is 13.1 Å². The van der Waals surface area contributed by atoms with Crippen LogP contribution >= 0.6 is 11.6 Å². The zero-order valence-corrected chi connectivity index (χ0v) is 13.6. The molecule has 0 saturated carbocycles. The lowest BCUT2D eigenvalue weighted by molar-refractivity contribution is 0.591. The van der Waals surface area contributed by atoms with E-state index >= 15 is 0 Å². The van der Waals surface area contributed by atoms with Gasteiger partial charge in [0, 0.05) is 14.1 Å². The van der Waals surface area contributed by atoms with E-state index in [9.17, 15) is 8.42 Å². The van der Waals surface area contributed by atoms with Gasteiger partial charge in [0.25, 0.3) is 10.0 Å². The SMILES string of the molecule is CN(c1ccc2ccccc2c1)S(=O)(=O)c1ncn(C)c1Cl. The second-order valence-corrected chi connectivity index (χ2v) is 7.20. The highest BCUT2D eigenvalue weighted by atomic mass is 35.5. The maximum Gasteiger partial charge on any atom is 0.284 e. The predicted octanol–water partition coefficient (Wildman–Crippen LogP) is 3.05. The molecule has 0 saturated heterocycles. The third-order valence-corrected chi connectivity index (χ3v) is 5.81. The first-order valence-corrected chi connectivity index (χ1v) is 8.37. The Labute approximate surface area is 133 Å². The number of aromatic nitrogens is 2. The minimum absolute atomic E-state index is 0.0904. The summed E-state index contributed by atoms with van der Waals surface area (Å²) in [6.45, 7) is 0. The van der Waals surface area contributed by atoms with Crippen LogP contribution in [0.5, 0.6) is 0 Å². The van der Waals surface area contributed by atoms with Crippen LogP contribution in [0.1, 0.15) is 0 Å². The summed E-state index contributed by atoms with van der Waals surface area (Å²) in [5.41, 5.74) is 0.556. The number of fused-ring (bicyclic) bond motifs is 1. The van der Waals surface area contributed by atoms with E-state index in [2.05, 4.69) is 4.98 Å². The van der Waals surface area contributed by atoms with Crippen molar-refractivity contribution in [2.45, 2.75) is 5.03 Å². The summed E-state index contributed by atoms with van der Waals surface area (Å²) in [6, 6.07) is 13.2. The molecule has 7 heteroatoms. The second kappa shape index (κ2) is 5.30. The van der Waals surface area contributed by atoms with E-state index in [0.717, 1.165) is 10.8 Å². The Morgan fingerprint density at radius 1 is 1.14 bits per heavy atom. The molecule has 1 aromatic heterocycles. The second-order valence-electron chi connectivity index (χ2n) is 4.96. The van der Waals surface area contributed by atoms with Gasteiger partial charge in [-0.3, -0.25) is 4.31 Å². The number of rotatable bonds is 3. The van der Waals surface area contributed by atoms with E-state index in [4.69, 9.17) is 11.6 Å². The van der Waals surface area contributed by atoms with Crippen LogP contribution in [0.25, 0.3) is 10.8 Å². The minimum atomic E-state index is -3.80. The van der Waals surface area contributed by atoms with E-state index in [0.29, 0.717) is 5.69 Å². The molecule has 3 aromatic rings. The first-order valence-electron chi connectivity index (χ1n) is 6.56. The normalized spacial score (nSPS) is 11.8. The van der Waals surface area contributed by atoms with Crippen LogP contribution in [0.15, 0.2) is 53.8 Å². The highest BCUT2D eigenvalue weighted by Gasteiger charge is 2.27. The monoisotopic (exact) mass is 335 g/mol. The van der Waals surface area contributed by atoms with Gasteiger partial charge in [0.2, 0.25) is 5.03 Å². The van der Waals surface area contributed by atoms with Crippen molar-refractivity contribution < 1.29 is 8.42 Å². The molecule has 114 valence electrons. The van der Waals surface area contributed by atoms with Gasteiger partial charge >= 0.3 is 0 Å². The fourth-order valence-corrected chi connectivity index (χ4v) is 3.78. The first-order chi connectivity index (χ1) is 10.4. The fraction of sp³-hybridized carbons (Fsp3) is 0.133. The van der Waals surface area contributed by atoms with Crippen LogP contribution in [0.4, 0.5) is 5.69 Å². The summed E-state index contributed by atoms with van der Waals surface area (Å²) in [5.74, 6) is 0. The van der Waals surface area contributed by atoms with Gasteiger partial charge in [0.1, 0.15) is 5.15 Å². The highest BCUT2D eigenvalue weighted by Crippen LogP contribution is 2.28. The topological polar surface area (TPSA) is 55.2 Å². The van der Waals surface area contributed by atoms with Crippen molar-refractivity contribution in [1.82, 2.24) is 9.55 Å². The number of hydrogen-bond donors (Lipinski definition) is 0. The Balaban J connectivity index is 2.08. The van der Waals surface area contributed by atoms with Gasteiger partial charge in [-0.25, -0.2) is 4.98 Å². The van der Waals surface area contributed by atoms with E-state index < -0.39 is 10.0 Å². The molecular weight excluding hydrogens is 322 g/mol. The van der Waals surface area contributed by atoms with Crippen molar-refractivity contribution in [3.63, 3.8) is 0 Å². The quantitative estimate of drug-likeness (QED) is 0.739. The lowest BCUT2D eigenvalue weighted by Gasteiger charge is -2.19. The Kier molecular flexibility index (Phi) is 3.58. The molecule has 0 fully saturated rings. The zero-order valence-electron chi connectivity index (χ0n) is 12.1. The van der Waals surface area contributed by atoms with E-state index in [1.165, 1.54) is 22.2 Å². The Hall–Kier alpha value is -2.05. The van der Waals surface area contributed by atoms with Crippen molar-refractivity contribution >= 4 is 38.1 Å². The average molecular weight is 336 g/mol. The van der Waals surface area contributed by atoms with Crippen LogP contribution in [0, 0.1) is 0 Å². The Morgan fingerprint density at radius 2 is 1.82 bits per heavy atom. The zero-order chi connectivity index (χ0) is 15.9. The van der Waals surface area contributed by atoms with Gasteiger partial charge in [0.05, 0.1) is 12.0 Å². The van der Waals surface area contributed by atoms with Gasteiger partial charge < -0.3 is 4.57 Å². The lowest BCUT2D eigenvalue weighted by Crippen LogP contribution is -2.27. The number of sulfonamides is 1. The van der Waals surface area contributed by atoms with E-state index in [-0.39, 0.29) is 10.2 Å². The molecule has 3 rings (SSSR count). The summed E-state index contributed by atoms with van der Waals surface area (Å²) in [6.07, 6.45) is 1.38. The van der Waals surface area contributed by atoms with Gasteiger partial charge in [-0.15, -0.1) is 0 Å². The number of hydrogen-bond acceptors (Lipinski definition) is 3. The van der Waals surface area contributed by atoms with Crippen molar-refractivity contribution in [1.29, 1.82) is 0 Å². The molecule has 0 unspecified atom stereocenters. The standard InChI is InChI=1S/C15H14ClN3O2S/c1-18-10-17-15(14(18)16)22(20,21)19(2)13-8-7-11-5-3-4-6-12(11)9-13/h3-10H,1-2H3. The summed E-state index contributed by atoms with van der Waals surface area (Å²) < 4.78 is 28.0. The number of aryl methyl sites for hydroxylation is 1. The molecule has 0 aliphatic heterocycles. The molecular formula is C15H14ClN3O2S. The van der Waals surface area contributed by atoms with Crippen LogP contribution in [-0.4, -0.2) is 25.0 Å². The molecule has 0 N–H and O–H groups in total. The average Bonchev–Trinajstić information content (AvgIpc) is 2.86. The smallest absolute Gasteiger partial charge is 0.284 e. The summed E-state index contributed by atoms with van der Waals surface area (Å²) in [7, 11) is -0.667. The van der Waals surface area contributed by atoms with Gasteiger partial charge in [-0.2, -0.15) is 8.42 Å². The van der Waals surface area contributed by atoms with Crippen LogP contribution in [0.3, 0.4) is 0 Å². The molecule has 22 heavy (non-hydrogen) atoms. The predicted molar refractivity (Wildman–Crippen MR) is 87.8 cm³/mol. The van der Waals surface area contributed by atoms with Crippen molar-refractivity contribution in [3.05, 3.63) is 53.9 Å². The molecule has 0 atom stereocenters. The summed E-state index contributed by atoms with van der Waals surface area (Å²) in [5, 5.41) is 1.96. The van der Waals surface area contributed by atoms with Crippen LogP contribution < -0.4 is 4.31 Å². The number of anilines is 1. The largest absolute Gasteiger partial charge is 0.324 e. The molecule has 1 heterocycles. The summed E-state index contributed by atoms with van der Waals surface area (Å²) in [4.78, 5) is 3.90. The third-order valence-electron chi connectivity index (χ3n) is 3.54. The minimum Gasteiger partial charge on any atom is -0.324 e. The van der Waals surface area contributed by atoms with Gasteiger partial charge in [-0.1, -0.05) is 41.9 Å².